The van der Waals surface area contributed by atoms with Crippen LogP contribution in [0.25, 0.3) is 0 Å². The third-order valence-corrected chi connectivity index (χ3v) is 23.1. The molecule has 1 fully saturated rings. The van der Waals surface area contributed by atoms with Gasteiger partial charge in [0.2, 0.25) is 0 Å². The third kappa shape index (κ3) is 13.7. The van der Waals surface area contributed by atoms with Crippen molar-refractivity contribution >= 4 is 49.6 Å². The number of unbranched alkanes of at least 4 members (excludes halogenated alkanes) is 1. The van der Waals surface area contributed by atoms with Gasteiger partial charge in [-0.15, -0.1) is 0 Å². The number of ketones is 4. The fourth-order valence-corrected chi connectivity index (χ4v) is 10.3. The Kier molecular flexibility index (Phi) is 18.5. The highest BCUT2D eigenvalue weighted by Gasteiger charge is 2.57. The molecule has 1 saturated carbocycles. The topological polar surface area (TPSA) is 121 Å². The van der Waals surface area contributed by atoms with Crippen molar-refractivity contribution in [1.29, 1.82) is 0 Å². The zero-order valence-electron chi connectivity index (χ0n) is 34.6. The van der Waals surface area contributed by atoms with E-state index >= 15 is 0 Å². The van der Waals surface area contributed by atoms with Crippen molar-refractivity contribution in [2.24, 2.45) is 11.8 Å². The molecule has 1 aromatic rings. The van der Waals surface area contributed by atoms with E-state index in [0.29, 0.717) is 31.7 Å². The van der Waals surface area contributed by atoms with Gasteiger partial charge in [0, 0.05) is 38.4 Å². The van der Waals surface area contributed by atoms with Crippen molar-refractivity contribution in [3.05, 3.63) is 42.5 Å². The van der Waals surface area contributed by atoms with Crippen LogP contribution in [0.1, 0.15) is 120 Å². The highest BCUT2D eigenvalue weighted by molar-refractivity contribution is 7.93. The molecule has 1 unspecified atom stereocenters. The SMILES string of the molecule is CC(=O)/C=C/CCCC(=O)C(C)CCO[Si](C)(C)C(C)(C)C.CC(=O)C[C@H]1CCCC(=O)[C@]1(CCO[Si](C)(C)C(C)(C)C)S(=O)(=O)c1ccccc1. The molecule has 0 heterocycles. The number of hydrogen-bond acceptors (Lipinski definition) is 8. The summed E-state index contributed by atoms with van der Waals surface area (Å²) in [6.07, 6.45) is 7.99. The van der Waals surface area contributed by atoms with E-state index in [9.17, 15) is 27.6 Å². The highest BCUT2D eigenvalue weighted by Crippen LogP contribution is 2.46. The van der Waals surface area contributed by atoms with Gasteiger partial charge in [0.25, 0.3) is 0 Å². The second-order valence-electron chi connectivity index (χ2n) is 17.7. The summed E-state index contributed by atoms with van der Waals surface area (Å²) >= 11 is 0. The molecule has 0 amide bonds. The van der Waals surface area contributed by atoms with Gasteiger partial charge >= 0.3 is 0 Å². The lowest BCUT2D eigenvalue weighted by atomic mass is 9.73. The summed E-state index contributed by atoms with van der Waals surface area (Å²) in [6, 6.07) is 8.17. The summed E-state index contributed by atoms with van der Waals surface area (Å²) in [4.78, 5) is 48.3. The Morgan fingerprint density at radius 3 is 1.96 bits per heavy atom. The van der Waals surface area contributed by atoms with E-state index in [-0.39, 0.29) is 64.1 Å². The summed E-state index contributed by atoms with van der Waals surface area (Å²) < 4.78 is 38.6. The second kappa shape index (κ2) is 20.0. The first-order valence-electron chi connectivity index (χ1n) is 19.0. The molecule has 0 spiro atoms. The Morgan fingerprint density at radius 1 is 0.923 bits per heavy atom. The molecular formula is C41H70O8SSi2. The molecule has 3 atom stereocenters. The Morgan fingerprint density at radius 2 is 1.46 bits per heavy atom. The van der Waals surface area contributed by atoms with Crippen molar-refractivity contribution in [1.82, 2.24) is 0 Å². The summed E-state index contributed by atoms with van der Waals surface area (Å²) in [7, 11) is -7.80. The van der Waals surface area contributed by atoms with Crippen LogP contribution in [0.4, 0.5) is 0 Å². The number of rotatable bonds is 18. The lowest BCUT2D eigenvalue weighted by Gasteiger charge is -2.43. The molecule has 52 heavy (non-hydrogen) atoms. The molecule has 0 N–H and O–H groups in total. The molecule has 1 aliphatic rings. The maximum atomic E-state index is 13.9. The molecule has 11 heteroatoms. The minimum Gasteiger partial charge on any atom is -0.417 e. The minimum absolute atomic E-state index is 0.0200. The largest absolute Gasteiger partial charge is 0.417 e. The predicted molar refractivity (Wildman–Crippen MR) is 217 cm³/mol. The van der Waals surface area contributed by atoms with Crippen LogP contribution in [-0.4, -0.2) is 66.1 Å². The van der Waals surface area contributed by atoms with Crippen LogP contribution in [-0.2, 0) is 37.9 Å². The monoisotopic (exact) mass is 778 g/mol. The van der Waals surface area contributed by atoms with E-state index in [1.165, 1.54) is 13.8 Å². The molecular weight excluding hydrogens is 709 g/mol. The zero-order chi connectivity index (χ0) is 40.2. The van der Waals surface area contributed by atoms with Crippen molar-refractivity contribution in [3.8, 4) is 0 Å². The number of sulfone groups is 1. The molecule has 0 saturated heterocycles. The fraction of sp³-hybridized carbons (Fsp3) is 0.707. The summed E-state index contributed by atoms with van der Waals surface area (Å²) in [5.41, 5.74) is 0. The summed E-state index contributed by atoms with van der Waals surface area (Å²) in [5.74, 6) is -0.473. The van der Waals surface area contributed by atoms with Gasteiger partial charge in [0.05, 0.1) is 4.90 Å². The molecule has 1 aliphatic carbocycles. The van der Waals surface area contributed by atoms with Crippen molar-refractivity contribution in [3.63, 3.8) is 0 Å². The molecule has 296 valence electrons. The molecule has 0 aromatic heterocycles. The van der Waals surface area contributed by atoms with Gasteiger partial charge in [0.1, 0.15) is 16.3 Å². The first-order valence-corrected chi connectivity index (χ1v) is 26.3. The molecule has 0 bridgehead atoms. The summed E-state index contributed by atoms with van der Waals surface area (Å²) in [5, 5.41) is 0.192. The molecule has 0 radical (unpaired) electrons. The van der Waals surface area contributed by atoms with Gasteiger partial charge < -0.3 is 13.6 Å². The van der Waals surface area contributed by atoms with Crippen LogP contribution in [0.2, 0.25) is 36.3 Å². The van der Waals surface area contributed by atoms with Crippen LogP contribution in [0.3, 0.4) is 0 Å². The lowest BCUT2D eigenvalue weighted by molar-refractivity contribution is -0.127. The number of benzene rings is 1. The van der Waals surface area contributed by atoms with Crippen LogP contribution >= 0.6 is 0 Å². The first kappa shape index (κ1) is 48.0. The average Bonchev–Trinajstić information content (AvgIpc) is 3.01. The van der Waals surface area contributed by atoms with Crippen molar-refractivity contribution in [2.45, 2.75) is 166 Å². The standard InChI is InChI=1S/C23H36O5SSi.C18H34O3Si/c1-18(24)17-19-11-10-14-21(25)23(19,15-16-28-30(5,6)22(2,3)4)29(26,27)20-12-8-7-9-13-20;1-15(13-14-21-22(6,7)18(3,4)5)17(20)12-10-8-9-11-16(2)19/h7-9,12-13,19H,10-11,14-17H2,1-6H3;9,11,15H,8,10,12-14H2,1-7H3/b;11-9+/t19-,23-;/m1./s1. The summed E-state index contributed by atoms with van der Waals surface area (Å²) in [6.45, 7) is 27.6. The van der Waals surface area contributed by atoms with E-state index in [0.717, 1.165) is 19.3 Å². The number of hydrogen-bond donors (Lipinski definition) is 0. The Balaban J connectivity index is 0.000000548. The van der Waals surface area contributed by atoms with E-state index in [1.54, 1.807) is 36.4 Å². The van der Waals surface area contributed by atoms with E-state index < -0.39 is 37.1 Å². The van der Waals surface area contributed by atoms with Crippen molar-refractivity contribution < 1.29 is 36.4 Å². The van der Waals surface area contributed by atoms with Gasteiger partial charge in [0.15, 0.2) is 38.0 Å². The maximum absolute atomic E-state index is 13.9. The third-order valence-electron chi connectivity index (χ3n) is 11.4. The zero-order valence-corrected chi connectivity index (χ0v) is 37.5. The number of allylic oxidation sites excluding steroid dienone is 2. The smallest absolute Gasteiger partial charge is 0.191 e. The van der Waals surface area contributed by atoms with Crippen LogP contribution < -0.4 is 0 Å². The Bertz CT molecular complexity index is 1470. The van der Waals surface area contributed by atoms with E-state index in [2.05, 4.69) is 67.7 Å². The average molecular weight is 779 g/mol. The predicted octanol–water partition coefficient (Wildman–Crippen LogP) is 9.88. The molecule has 0 aliphatic heterocycles. The van der Waals surface area contributed by atoms with Gasteiger partial charge in [-0.3, -0.25) is 14.4 Å². The molecule has 2 rings (SSSR count). The maximum Gasteiger partial charge on any atom is 0.191 e. The van der Waals surface area contributed by atoms with Crippen molar-refractivity contribution in [2.75, 3.05) is 13.2 Å². The van der Waals surface area contributed by atoms with Gasteiger partial charge in [-0.1, -0.05) is 72.7 Å². The Hall–Kier alpha value is -2.06. The highest BCUT2D eigenvalue weighted by atomic mass is 32.2. The number of Topliss-reactive ketones (excluding diaryl/α,β-unsaturated/α-hetero) is 3. The fourth-order valence-electron chi connectivity index (χ4n) is 5.88. The quantitative estimate of drug-likeness (QED) is 0.0821. The van der Waals surface area contributed by atoms with Crippen LogP contribution in [0.15, 0.2) is 47.4 Å². The number of carbonyl (C=O) groups is 4. The van der Waals surface area contributed by atoms with E-state index in [1.807, 2.05) is 13.0 Å². The minimum atomic E-state index is -3.99. The molecule has 1 aromatic carbocycles. The second-order valence-corrected chi connectivity index (χ2v) is 29.5. The van der Waals surface area contributed by atoms with Gasteiger partial charge in [-0.2, -0.15) is 0 Å². The molecule has 8 nitrogen and oxygen atoms in total. The van der Waals surface area contributed by atoms with Gasteiger partial charge in [-0.25, -0.2) is 8.42 Å². The lowest BCUT2D eigenvalue weighted by Crippen LogP contribution is -2.56. The Labute approximate surface area is 318 Å². The van der Waals surface area contributed by atoms with Crippen LogP contribution in [0.5, 0.6) is 0 Å². The first-order chi connectivity index (χ1) is 23.7. The van der Waals surface area contributed by atoms with Gasteiger partial charge in [-0.05, 0) is 113 Å². The van der Waals surface area contributed by atoms with Crippen LogP contribution in [0, 0.1) is 11.8 Å². The van der Waals surface area contributed by atoms with E-state index in [4.69, 9.17) is 8.85 Å². The normalized spacial score (nSPS) is 19.6. The number of carbonyl (C=O) groups excluding carboxylic acids is 4.